The highest BCUT2D eigenvalue weighted by Gasteiger charge is 2.65. The Labute approximate surface area is 219 Å². The third-order valence-corrected chi connectivity index (χ3v) is 6.50. The van der Waals surface area contributed by atoms with Crippen LogP contribution in [0.3, 0.4) is 0 Å². The number of aromatic nitrogens is 2. The molecule has 0 bridgehead atoms. The van der Waals surface area contributed by atoms with E-state index in [0.717, 1.165) is 18.4 Å². The molecule has 194 valence electrons. The average molecular weight is 541 g/mol. The van der Waals surface area contributed by atoms with Crippen LogP contribution in [0.5, 0.6) is 0 Å². The molecule has 0 atom stereocenters. The molecule has 12 heteroatoms. The van der Waals surface area contributed by atoms with Crippen molar-refractivity contribution in [3.05, 3.63) is 88.5 Å². The highest BCUT2D eigenvalue weighted by Crippen LogP contribution is 2.52. The number of amides is 2. The van der Waals surface area contributed by atoms with Gasteiger partial charge >= 0.3 is 11.8 Å². The molecule has 2 heterocycles. The number of carbonyl (C=O) groups is 2. The summed E-state index contributed by atoms with van der Waals surface area (Å²) in [6.07, 6.45) is 0.549. The third kappa shape index (κ3) is 4.84. The maximum atomic E-state index is 13.2. The van der Waals surface area contributed by atoms with Crippen molar-refractivity contribution in [1.29, 1.82) is 0 Å². The predicted octanol–water partition coefficient (Wildman–Crippen LogP) is 6.30. The number of anilines is 2. The van der Waals surface area contributed by atoms with Crippen molar-refractivity contribution in [1.82, 2.24) is 9.78 Å². The van der Waals surface area contributed by atoms with Crippen LogP contribution in [0.25, 0.3) is 11.3 Å². The Hall–Kier alpha value is -4.25. The van der Waals surface area contributed by atoms with Gasteiger partial charge in [-0.15, -0.1) is 10.2 Å². The summed E-state index contributed by atoms with van der Waals surface area (Å²) in [6.45, 7) is 0. The minimum absolute atomic E-state index is 0.154. The summed E-state index contributed by atoms with van der Waals surface area (Å²) >= 11 is 6.13. The van der Waals surface area contributed by atoms with Crippen LogP contribution in [0.4, 0.5) is 24.7 Å². The fourth-order valence-corrected chi connectivity index (χ4v) is 4.25. The highest BCUT2D eigenvalue weighted by molar-refractivity contribution is 6.36. The van der Waals surface area contributed by atoms with Gasteiger partial charge in [0, 0.05) is 40.5 Å². The molecule has 0 unspecified atom stereocenters. The molecule has 2 aromatic carbocycles. The Morgan fingerprint density at radius 2 is 1.61 bits per heavy atom. The van der Waals surface area contributed by atoms with Gasteiger partial charge in [-0.3, -0.25) is 14.3 Å². The highest BCUT2D eigenvalue weighted by atomic mass is 35.5. The van der Waals surface area contributed by atoms with Crippen LogP contribution >= 0.6 is 11.6 Å². The Morgan fingerprint density at radius 3 is 2.21 bits per heavy atom. The van der Waals surface area contributed by atoms with Gasteiger partial charge in [0.2, 0.25) is 0 Å². The van der Waals surface area contributed by atoms with Crippen LogP contribution < -0.4 is 10.6 Å². The molecule has 0 fully saturated rings. The van der Waals surface area contributed by atoms with Gasteiger partial charge in [-0.2, -0.15) is 18.3 Å². The smallest absolute Gasteiger partial charge is 0.322 e. The van der Waals surface area contributed by atoms with E-state index in [1.54, 1.807) is 37.4 Å². The van der Waals surface area contributed by atoms with Gasteiger partial charge < -0.3 is 10.6 Å². The average Bonchev–Trinajstić information content (AvgIpc) is 3.64. The maximum Gasteiger partial charge on any atom is 0.442 e. The molecule has 0 saturated heterocycles. The van der Waals surface area contributed by atoms with Crippen molar-refractivity contribution in [3.8, 4) is 11.3 Å². The second kappa shape index (κ2) is 9.56. The first-order chi connectivity index (χ1) is 18.1. The monoisotopic (exact) mass is 540 g/mol. The molecule has 1 aliphatic carbocycles. The van der Waals surface area contributed by atoms with Gasteiger partial charge in [-0.1, -0.05) is 48.0 Å². The van der Waals surface area contributed by atoms with Crippen molar-refractivity contribution in [2.45, 2.75) is 24.7 Å². The summed E-state index contributed by atoms with van der Waals surface area (Å²) in [6, 6.07) is 13.6. The molecule has 0 spiro atoms. The number of allylic oxidation sites excluding steroid dienone is 2. The number of aryl methyl sites for hydroxylation is 1. The van der Waals surface area contributed by atoms with E-state index in [2.05, 4.69) is 26.0 Å². The fraction of sp³-hybridized carbons (Fsp3) is 0.192. The number of nitrogens with zero attached hydrogens (tertiary/aromatic N) is 4. The van der Waals surface area contributed by atoms with Gasteiger partial charge in [0.15, 0.2) is 0 Å². The molecular weight excluding hydrogens is 521 g/mol. The first-order valence-electron chi connectivity index (χ1n) is 11.5. The van der Waals surface area contributed by atoms with E-state index in [1.165, 1.54) is 28.9 Å². The zero-order valence-corrected chi connectivity index (χ0v) is 20.6. The molecule has 8 nitrogen and oxygen atoms in total. The van der Waals surface area contributed by atoms with Crippen LogP contribution in [0.2, 0.25) is 0 Å². The zero-order valence-electron chi connectivity index (χ0n) is 19.9. The number of alkyl halides is 3. The summed E-state index contributed by atoms with van der Waals surface area (Å²) in [5.41, 5.74) is -0.180. The minimum atomic E-state index is -4.64. The largest absolute Gasteiger partial charge is 0.442 e. The van der Waals surface area contributed by atoms with Gasteiger partial charge in [0.05, 0.1) is 11.3 Å². The summed E-state index contributed by atoms with van der Waals surface area (Å²) in [4.78, 5) is 25.2. The lowest BCUT2D eigenvalue weighted by Crippen LogP contribution is -2.30. The molecule has 2 aliphatic rings. The summed E-state index contributed by atoms with van der Waals surface area (Å²) in [5.74, 6) is -0.417. The van der Waals surface area contributed by atoms with Crippen molar-refractivity contribution >= 4 is 34.9 Å². The lowest BCUT2D eigenvalue weighted by Gasteiger charge is -2.14. The number of hydrogen-bond donors (Lipinski definition) is 2. The van der Waals surface area contributed by atoms with Crippen molar-refractivity contribution < 1.29 is 22.8 Å². The van der Waals surface area contributed by atoms with E-state index in [9.17, 15) is 22.8 Å². The van der Waals surface area contributed by atoms with E-state index in [-0.39, 0.29) is 17.0 Å². The van der Waals surface area contributed by atoms with Crippen LogP contribution in [0.1, 0.15) is 28.8 Å². The van der Waals surface area contributed by atoms with Crippen molar-refractivity contribution in [2.75, 3.05) is 10.6 Å². The molecule has 5 rings (SSSR count). The second-order valence-corrected chi connectivity index (χ2v) is 9.13. The van der Waals surface area contributed by atoms with Crippen LogP contribution in [0, 0.1) is 0 Å². The van der Waals surface area contributed by atoms with Gasteiger partial charge in [-0.05, 0) is 37.1 Å². The summed E-state index contributed by atoms with van der Waals surface area (Å²) in [5, 5.41) is 16.7. The Morgan fingerprint density at radius 1 is 0.947 bits per heavy atom. The van der Waals surface area contributed by atoms with E-state index in [1.807, 2.05) is 12.2 Å². The molecule has 2 amide bonds. The molecule has 3 aromatic rings. The fourth-order valence-electron chi connectivity index (χ4n) is 3.98. The molecular formula is C26H20ClF3N6O2. The predicted molar refractivity (Wildman–Crippen MR) is 136 cm³/mol. The molecule has 1 aliphatic heterocycles. The topological polar surface area (TPSA) is 101 Å². The lowest BCUT2D eigenvalue weighted by molar-refractivity contribution is -0.166. The molecule has 38 heavy (non-hydrogen) atoms. The number of halogens is 4. The Balaban J connectivity index is 1.24. The number of benzene rings is 2. The van der Waals surface area contributed by atoms with E-state index in [0.29, 0.717) is 27.8 Å². The van der Waals surface area contributed by atoms with E-state index >= 15 is 0 Å². The standard InChI is InChI=1S/C26H20ClF3N6O2/c1-36-22(32-23(37)16-6-10-17(11-7-16)25(34-35-25)26(28,29)30)14-21(33-36)15-8-12-18(13-9-15)31-24(38)19-4-2-3-5-20(19)27/h4-14H,2-3H2,1H3,(H,31,38)(H,32,37). The number of hydrogen-bond acceptors (Lipinski definition) is 5. The van der Waals surface area contributed by atoms with Gasteiger partial charge in [0.25, 0.3) is 11.8 Å². The number of rotatable bonds is 6. The molecule has 0 saturated carbocycles. The van der Waals surface area contributed by atoms with E-state index < -0.39 is 17.7 Å². The summed E-state index contributed by atoms with van der Waals surface area (Å²) in [7, 11) is 1.65. The van der Waals surface area contributed by atoms with Crippen LogP contribution in [-0.4, -0.2) is 27.8 Å². The molecule has 0 radical (unpaired) electrons. The minimum Gasteiger partial charge on any atom is -0.322 e. The lowest BCUT2D eigenvalue weighted by atomic mass is 10.0. The molecule has 1 aromatic heterocycles. The zero-order chi connectivity index (χ0) is 27.1. The summed E-state index contributed by atoms with van der Waals surface area (Å²) < 4.78 is 41.0. The second-order valence-electron chi connectivity index (χ2n) is 8.72. The third-order valence-electron chi connectivity index (χ3n) is 6.15. The van der Waals surface area contributed by atoms with Crippen LogP contribution in [0.15, 0.2) is 87.6 Å². The quantitative estimate of drug-likeness (QED) is 0.383. The first kappa shape index (κ1) is 25.4. The van der Waals surface area contributed by atoms with E-state index in [4.69, 9.17) is 11.6 Å². The van der Waals surface area contributed by atoms with Crippen molar-refractivity contribution in [3.63, 3.8) is 0 Å². The number of nitrogens with one attached hydrogen (secondary N) is 2. The molecule has 2 N–H and O–H groups in total. The van der Waals surface area contributed by atoms with Crippen molar-refractivity contribution in [2.24, 2.45) is 17.3 Å². The number of carbonyl (C=O) groups excluding carboxylic acids is 2. The SMILES string of the molecule is Cn1nc(-c2ccc(NC(=O)C3=CCCC=C3Cl)cc2)cc1NC(=O)c1ccc(C2(C(F)(F)F)N=N2)cc1. The first-order valence-corrected chi connectivity index (χ1v) is 11.9. The van der Waals surface area contributed by atoms with Gasteiger partial charge in [-0.25, -0.2) is 0 Å². The Kier molecular flexibility index (Phi) is 6.39. The van der Waals surface area contributed by atoms with Crippen LogP contribution in [-0.2, 0) is 17.5 Å². The Bertz CT molecular complexity index is 1500. The maximum absolute atomic E-state index is 13.2. The normalized spacial score (nSPS) is 15.9. The van der Waals surface area contributed by atoms with Gasteiger partial charge in [0.1, 0.15) is 5.82 Å².